The van der Waals surface area contributed by atoms with E-state index in [1.54, 1.807) is 0 Å². The predicted octanol–water partition coefficient (Wildman–Crippen LogP) is 4.02. The Hall–Kier alpha value is 0.680. The quantitative estimate of drug-likeness (QED) is 0.777. The predicted molar refractivity (Wildman–Crippen MR) is 89.2 cm³/mol. The maximum Gasteiger partial charge on any atom is 0.0332 e. The van der Waals surface area contributed by atoms with Crippen molar-refractivity contribution in [2.75, 3.05) is 26.2 Å². The van der Waals surface area contributed by atoms with E-state index in [1.807, 2.05) is 0 Å². The van der Waals surface area contributed by atoms with Gasteiger partial charge in [-0.05, 0) is 30.7 Å². The van der Waals surface area contributed by atoms with Crippen molar-refractivity contribution in [1.29, 1.82) is 0 Å². The van der Waals surface area contributed by atoms with Crippen LogP contribution in [0.2, 0.25) is 0 Å². The lowest BCUT2D eigenvalue weighted by molar-refractivity contribution is 0.185. The maximum atomic E-state index is 3.63. The molecule has 0 unspecified atom stereocenters. The number of nitrogens with one attached hydrogen (secondary N) is 1. The molecule has 0 aliphatic carbocycles. The summed E-state index contributed by atoms with van der Waals surface area (Å²) in [6.45, 7) is 6.71. The van der Waals surface area contributed by atoms with E-state index in [-0.39, 0.29) is 24.8 Å². The maximum absolute atomic E-state index is 3.63. The van der Waals surface area contributed by atoms with Crippen LogP contribution in [-0.2, 0) is 0 Å². The monoisotopic (exact) mass is 418 g/mol. The highest BCUT2D eigenvalue weighted by Gasteiger charge is 2.19. The molecule has 1 saturated heterocycles. The van der Waals surface area contributed by atoms with Gasteiger partial charge in [0.2, 0.25) is 0 Å². The largest absolute Gasteiger partial charge is 0.314 e. The number of nitrogens with zero attached hydrogens (tertiary/aromatic N) is 1. The van der Waals surface area contributed by atoms with Crippen LogP contribution in [0.25, 0.3) is 0 Å². The highest BCUT2D eigenvalue weighted by molar-refractivity contribution is 9.11. The zero-order valence-electron chi connectivity index (χ0n) is 10.2. The van der Waals surface area contributed by atoms with Crippen molar-refractivity contribution in [2.24, 2.45) is 0 Å². The second-order valence-corrected chi connectivity index (χ2v) is 5.90. The normalized spacial score (nSPS) is 17.5. The molecule has 1 aromatic carbocycles. The molecule has 2 rings (SSSR count). The first-order chi connectivity index (χ1) is 7.68. The van der Waals surface area contributed by atoms with Crippen molar-refractivity contribution in [2.45, 2.75) is 13.0 Å². The third-order valence-corrected chi connectivity index (χ3v) is 4.32. The Morgan fingerprint density at radius 2 is 1.78 bits per heavy atom. The van der Waals surface area contributed by atoms with Gasteiger partial charge in [-0.1, -0.05) is 31.9 Å². The van der Waals surface area contributed by atoms with E-state index in [0.717, 1.165) is 30.7 Å². The van der Waals surface area contributed by atoms with Gasteiger partial charge in [-0.15, -0.1) is 24.8 Å². The molecule has 1 atom stereocenters. The van der Waals surface area contributed by atoms with Gasteiger partial charge < -0.3 is 5.32 Å². The van der Waals surface area contributed by atoms with Crippen LogP contribution in [0.1, 0.15) is 18.5 Å². The Morgan fingerprint density at radius 1 is 1.17 bits per heavy atom. The summed E-state index contributed by atoms with van der Waals surface area (Å²) in [6, 6.07) is 6.85. The molecule has 1 aromatic rings. The number of hydrogen-bond acceptors (Lipinski definition) is 2. The Labute approximate surface area is 138 Å². The summed E-state index contributed by atoms with van der Waals surface area (Å²) >= 11 is 7.17. The molecule has 1 N–H and O–H groups in total. The van der Waals surface area contributed by atoms with E-state index in [1.165, 1.54) is 10.0 Å². The fourth-order valence-electron chi connectivity index (χ4n) is 2.10. The molecule has 0 bridgehead atoms. The van der Waals surface area contributed by atoms with Gasteiger partial charge in [-0.25, -0.2) is 0 Å². The average Bonchev–Trinajstić information content (AvgIpc) is 2.32. The molecule has 104 valence electrons. The fraction of sp³-hybridized carbons (Fsp3) is 0.500. The Morgan fingerprint density at radius 3 is 2.39 bits per heavy atom. The summed E-state index contributed by atoms with van der Waals surface area (Å²) in [4.78, 5) is 2.52. The third-order valence-electron chi connectivity index (χ3n) is 3.11. The van der Waals surface area contributed by atoms with Gasteiger partial charge in [0, 0.05) is 41.2 Å². The van der Waals surface area contributed by atoms with Crippen LogP contribution in [0.3, 0.4) is 0 Å². The molecular formula is C12H18Br2Cl2N2. The Kier molecular flexibility index (Phi) is 9.10. The summed E-state index contributed by atoms with van der Waals surface area (Å²) in [5.41, 5.74) is 1.36. The summed E-state index contributed by atoms with van der Waals surface area (Å²) in [7, 11) is 0. The number of rotatable bonds is 2. The molecule has 1 aliphatic rings. The van der Waals surface area contributed by atoms with E-state index in [0.29, 0.717) is 6.04 Å². The zero-order valence-corrected chi connectivity index (χ0v) is 15.0. The molecule has 0 saturated carbocycles. The SMILES string of the molecule is C[C@@H](c1cc(Br)ccc1Br)N1CCNCC1.Cl.Cl. The summed E-state index contributed by atoms with van der Waals surface area (Å²) in [5.74, 6) is 0. The average molecular weight is 421 g/mol. The minimum Gasteiger partial charge on any atom is -0.314 e. The first-order valence-electron chi connectivity index (χ1n) is 5.58. The van der Waals surface area contributed by atoms with Crippen LogP contribution < -0.4 is 5.32 Å². The van der Waals surface area contributed by atoms with E-state index >= 15 is 0 Å². The summed E-state index contributed by atoms with van der Waals surface area (Å²) < 4.78 is 2.34. The van der Waals surface area contributed by atoms with Crippen LogP contribution in [0.5, 0.6) is 0 Å². The van der Waals surface area contributed by atoms with Crippen LogP contribution in [0.4, 0.5) is 0 Å². The lowest BCUT2D eigenvalue weighted by Crippen LogP contribution is -2.44. The van der Waals surface area contributed by atoms with Gasteiger partial charge in [0.15, 0.2) is 0 Å². The molecule has 0 aromatic heterocycles. The second-order valence-electron chi connectivity index (χ2n) is 4.13. The van der Waals surface area contributed by atoms with Crippen molar-refractivity contribution in [3.8, 4) is 0 Å². The Balaban J connectivity index is 0.00000144. The number of halogens is 4. The molecule has 18 heavy (non-hydrogen) atoms. The van der Waals surface area contributed by atoms with Gasteiger partial charge in [-0.2, -0.15) is 0 Å². The fourth-order valence-corrected chi connectivity index (χ4v) is 3.06. The second kappa shape index (κ2) is 8.77. The molecule has 0 amide bonds. The lowest BCUT2D eigenvalue weighted by atomic mass is 10.1. The van der Waals surface area contributed by atoms with Crippen molar-refractivity contribution in [1.82, 2.24) is 10.2 Å². The molecular weight excluding hydrogens is 403 g/mol. The Bertz CT molecular complexity index is 371. The van der Waals surface area contributed by atoms with Crippen molar-refractivity contribution >= 4 is 56.7 Å². The minimum absolute atomic E-state index is 0. The van der Waals surface area contributed by atoms with Gasteiger partial charge in [0.25, 0.3) is 0 Å². The van der Waals surface area contributed by atoms with Crippen molar-refractivity contribution in [3.05, 3.63) is 32.7 Å². The topological polar surface area (TPSA) is 15.3 Å². The first-order valence-corrected chi connectivity index (χ1v) is 7.17. The van der Waals surface area contributed by atoms with Gasteiger partial charge >= 0.3 is 0 Å². The van der Waals surface area contributed by atoms with Crippen LogP contribution >= 0.6 is 56.7 Å². The molecule has 2 nitrogen and oxygen atoms in total. The summed E-state index contributed by atoms with van der Waals surface area (Å²) in [6.07, 6.45) is 0. The number of piperazine rings is 1. The van der Waals surface area contributed by atoms with Gasteiger partial charge in [-0.3, -0.25) is 4.90 Å². The van der Waals surface area contributed by atoms with E-state index in [9.17, 15) is 0 Å². The standard InChI is InChI=1S/C12H16Br2N2.2ClH/c1-9(16-6-4-15-5-7-16)11-8-10(13)2-3-12(11)14;;/h2-3,8-9,15H,4-7H2,1H3;2*1H/t9-;;/m0../s1. The number of benzene rings is 1. The van der Waals surface area contributed by atoms with E-state index in [4.69, 9.17) is 0 Å². The van der Waals surface area contributed by atoms with Crippen LogP contribution in [0, 0.1) is 0 Å². The van der Waals surface area contributed by atoms with Crippen molar-refractivity contribution in [3.63, 3.8) is 0 Å². The van der Waals surface area contributed by atoms with E-state index in [2.05, 4.69) is 67.2 Å². The smallest absolute Gasteiger partial charge is 0.0332 e. The molecule has 0 radical (unpaired) electrons. The molecule has 1 heterocycles. The van der Waals surface area contributed by atoms with Gasteiger partial charge in [0.1, 0.15) is 0 Å². The minimum atomic E-state index is 0. The molecule has 6 heteroatoms. The molecule has 0 spiro atoms. The lowest BCUT2D eigenvalue weighted by Gasteiger charge is -2.33. The van der Waals surface area contributed by atoms with Gasteiger partial charge in [0.05, 0.1) is 0 Å². The summed E-state index contributed by atoms with van der Waals surface area (Å²) in [5, 5.41) is 3.38. The van der Waals surface area contributed by atoms with Crippen LogP contribution in [0.15, 0.2) is 27.1 Å². The van der Waals surface area contributed by atoms with Crippen molar-refractivity contribution < 1.29 is 0 Å². The first kappa shape index (κ1) is 18.7. The highest BCUT2D eigenvalue weighted by Crippen LogP contribution is 2.30. The van der Waals surface area contributed by atoms with Crippen LogP contribution in [-0.4, -0.2) is 31.1 Å². The third kappa shape index (κ3) is 4.66. The highest BCUT2D eigenvalue weighted by atomic mass is 79.9. The number of hydrogen-bond donors (Lipinski definition) is 1. The molecule has 1 fully saturated rings. The molecule has 1 aliphatic heterocycles. The van der Waals surface area contributed by atoms with E-state index < -0.39 is 0 Å². The zero-order chi connectivity index (χ0) is 11.5.